The Balaban J connectivity index is 1.96. The fourth-order valence-electron chi connectivity index (χ4n) is 2.44. The molecule has 0 aliphatic carbocycles. The van der Waals surface area contributed by atoms with Crippen LogP contribution in [0.4, 0.5) is 0 Å². The molecule has 0 heterocycles. The number of carboxylic acids is 1. The number of carbonyl (C=O) groups is 2. The number of benzene rings is 2. The molecular weight excluding hydrogens is 370 g/mol. The van der Waals surface area contributed by atoms with E-state index in [2.05, 4.69) is 5.32 Å². The summed E-state index contributed by atoms with van der Waals surface area (Å²) in [7, 11) is 1.58. The summed E-state index contributed by atoms with van der Waals surface area (Å²) < 4.78 is 11.2. The minimum Gasteiger partial charge on any atom is -0.497 e. The van der Waals surface area contributed by atoms with Gasteiger partial charge in [-0.3, -0.25) is 9.59 Å². The average molecular weight is 392 g/mol. The van der Waals surface area contributed by atoms with E-state index in [0.29, 0.717) is 36.1 Å². The number of carbonyl (C=O) groups excluding carboxylic acids is 1. The summed E-state index contributed by atoms with van der Waals surface area (Å²) in [4.78, 5) is 22.1. The van der Waals surface area contributed by atoms with Crippen LogP contribution >= 0.6 is 11.6 Å². The van der Waals surface area contributed by atoms with Crippen LogP contribution in [0.15, 0.2) is 42.5 Å². The van der Waals surface area contributed by atoms with Gasteiger partial charge in [0.25, 0.3) is 0 Å². The van der Waals surface area contributed by atoms with E-state index < -0.39 is 5.97 Å². The molecule has 6 nitrogen and oxygen atoms in total. The van der Waals surface area contributed by atoms with Crippen LogP contribution in [0.5, 0.6) is 11.5 Å². The van der Waals surface area contributed by atoms with Crippen molar-refractivity contribution in [1.29, 1.82) is 0 Å². The zero-order chi connectivity index (χ0) is 19.6. The number of methoxy groups -OCH3 is 1. The van der Waals surface area contributed by atoms with E-state index in [1.165, 1.54) is 0 Å². The second-order valence-corrected chi connectivity index (χ2v) is 6.32. The van der Waals surface area contributed by atoms with Gasteiger partial charge in [-0.15, -0.1) is 0 Å². The molecule has 2 aromatic rings. The predicted molar refractivity (Wildman–Crippen MR) is 102 cm³/mol. The first-order valence-electron chi connectivity index (χ1n) is 8.50. The van der Waals surface area contributed by atoms with Gasteiger partial charge in [-0.25, -0.2) is 0 Å². The van der Waals surface area contributed by atoms with Gasteiger partial charge in [-0.05, 0) is 35.7 Å². The molecule has 2 N–H and O–H groups in total. The lowest BCUT2D eigenvalue weighted by molar-refractivity contribution is -0.138. The van der Waals surface area contributed by atoms with Gasteiger partial charge < -0.3 is 19.9 Å². The smallest absolute Gasteiger partial charge is 0.303 e. The molecule has 0 aliphatic rings. The molecule has 144 valence electrons. The predicted octanol–water partition coefficient (Wildman–Crippen LogP) is 3.45. The van der Waals surface area contributed by atoms with Crippen LogP contribution in [0.1, 0.15) is 24.0 Å². The SMILES string of the molecule is COc1ccc(CCNC(=O)CCC(=O)O)c(OCc2cccc(Cl)c2)c1. The van der Waals surface area contributed by atoms with Crippen molar-refractivity contribution >= 4 is 23.5 Å². The van der Waals surface area contributed by atoms with E-state index in [4.69, 9.17) is 26.2 Å². The Kier molecular flexibility index (Phi) is 7.95. The first kappa shape index (κ1) is 20.6. The van der Waals surface area contributed by atoms with E-state index >= 15 is 0 Å². The van der Waals surface area contributed by atoms with Crippen LogP contribution in [-0.2, 0) is 22.6 Å². The molecule has 7 heteroatoms. The maximum absolute atomic E-state index is 11.6. The highest BCUT2D eigenvalue weighted by Crippen LogP contribution is 2.26. The van der Waals surface area contributed by atoms with Crippen molar-refractivity contribution in [3.05, 3.63) is 58.6 Å². The van der Waals surface area contributed by atoms with Gasteiger partial charge in [0, 0.05) is 24.1 Å². The van der Waals surface area contributed by atoms with E-state index in [1.54, 1.807) is 19.2 Å². The molecule has 0 spiro atoms. The van der Waals surface area contributed by atoms with Crippen molar-refractivity contribution in [3.8, 4) is 11.5 Å². The first-order valence-corrected chi connectivity index (χ1v) is 8.88. The van der Waals surface area contributed by atoms with Crippen LogP contribution in [-0.4, -0.2) is 30.6 Å². The fraction of sp³-hybridized carbons (Fsp3) is 0.300. The second-order valence-electron chi connectivity index (χ2n) is 5.89. The van der Waals surface area contributed by atoms with Crippen molar-refractivity contribution in [2.24, 2.45) is 0 Å². The Morgan fingerprint density at radius 2 is 1.96 bits per heavy atom. The van der Waals surface area contributed by atoms with Crippen LogP contribution in [0.3, 0.4) is 0 Å². The number of ether oxygens (including phenoxy) is 2. The zero-order valence-electron chi connectivity index (χ0n) is 15.0. The van der Waals surface area contributed by atoms with Crippen molar-refractivity contribution in [3.63, 3.8) is 0 Å². The van der Waals surface area contributed by atoms with Gasteiger partial charge >= 0.3 is 5.97 Å². The highest BCUT2D eigenvalue weighted by Gasteiger charge is 2.09. The van der Waals surface area contributed by atoms with E-state index in [9.17, 15) is 9.59 Å². The van der Waals surface area contributed by atoms with Crippen LogP contribution in [0, 0.1) is 0 Å². The van der Waals surface area contributed by atoms with Gasteiger partial charge in [0.2, 0.25) is 5.91 Å². The van der Waals surface area contributed by atoms with Crippen LogP contribution < -0.4 is 14.8 Å². The molecule has 0 radical (unpaired) electrons. The highest BCUT2D eigenvalue weighted by molar-refractivity contribution is 6.30. The standard InChI is InChI=1S/C20H22ClNO5/c1-26-17-6-5-15(9-10-22-19(23)7-8-20(24)25)18(12-17)27-13-14-3-2-4-16(21)11-14/h2-6,11-12H,7-10,13H2,1H3,(H,22,23)(H,24,25). The molecule has 0 aromatic heterocycles. The van der Waals surface area contributed by atoms with E-state index in [1.807, 2.05) is 30.3 Å². The van der Waals surface area contributed by atoms with Gasteiger partial charge in [-0.1, -0.05) is 29.8 Å². The third-order valence-electron chi connectivity index (χ3n) is 3.84. The fourth-order valence-corrected chi connectivity index (χ4v) is 2.65. The van der Waals surface area contributed by atoms with Crippen molar-refractivity contribution < 1.29 is 24.2 Å². The molecule has 2 aromatic carbocycles. The second kappa shape index (κ2) is 10.4. The lowest BCUT2D eigenvalue weighted by Crippen LogP contribution is -2.26. The molecule has 0 atom stereocenters. The molecular formula is C20H22ClNO5. The first-order chi connectivity index (χ1) is 13.0. The molecule has 27 heavy (non-hydrogen) atoms. The zero-order valence-corrected chi connectivity index (χ0v) is 15.8. The molecule has 1 amide bonds. The Hall–Kier alpha value is -2.73. The Morgan fingerprint density at radius 1 is 1.15 bits per heavy atom. The maximum Gasteiger partial charge on any atom is 0.303 e. The number of amides is 1. The summed E-state index contributed by atoms with van der Waals surface area (Å²) in [5.74, 6) is 0.0590. The third-order valence-corrected chi connectivity index (χ3v) is 4.08. The lowest BCUT2D eigenvalue weighted by atomic mass is 10.1. The summed E-state index contributed by atoms with van der Waals surface area (Å²) in [5, 5.41) is 12.0. The minimum atomic E-state index is -0.989. The molecule has 2 rings (SSSR count). The lowest BCUT2D eigenvalue weighted by Gasteiger charge is -2.14. The molecule has 0 unspecified atom stereocenters. The molecule has 0 aliphatic heterocycles. The monoisotopic (exact) mass is 391 g/mol. The normalized spacial score (nSPS) is 10.3. The summed E-state index contributed by atoms with van der Waals surface area (Å²) in [6, 6.07) is 12.9. The summed E-state index contributed by atoms with van der Waals surface area (Å²) in [5.41, 5.74) is 1.86. The van der Waals surface area contributed by atoms with Gasteiger partial charge in [0.1, 0.15) is 18.1 Å². The topological polar surface area (TPSA) is 84.9 Å². The largest absolute Gasteiger partial charge is 0.497 e. The van der Waals surface area contributed by atoms with E-state index in [-0.39, 0.29) is 18.7 Å². The maximum atomic E-state index is 11.6. The Bertz CT molecular complexity index is 794. The number of rotatable bonds is 10. The Labute approximate surface area is 163 Å². The number of nitrogens with one attached hydrogen (secondary N) is 1. The highest BCUT2D eigenvalue weighted by atomic mass is 35.5. The van der Waals surface area contributed by atoms with Crippen LogP contribution in [0.2, 0.25) is 5.02 Å². The molecule has 0 saturated carbocycles. The van der Waals surface area contributed by atoms with E-state index in [0.717, 1.165) is 11.1 Å². The van der Waals surface area contributed by atoms with Gasteiger partial charge in [0.05, 0.1) is 13.5 Å². The average Bonchev–Trinajstić information content (AvgIpc) is 2.65. The van der Waals surface area contributed by atoms with Crippen molar-refractivity contribution in [2.75, 3.05) is 13.7 Å². The minimum absolute atomic E-state index is 0.0317. The summed E-state index contributed by atoms with van der Waals surface area (Å²) in [6.45, 7) is 0.740. The molecule has 0 fully saturated rings. The van der Waals surface area contributed by atoms with Gasteiger partial charge in [-0.2, -0.15) is 0 Å². The number of hydrogen-bond donors (Lipinski definition) is 2. The quantitative estimate of drug-likeness (QED) is 0.648. The van der Waals surface area contributed by atoms with Crippen LogP contribution in [0.25, 0.3) is 0 Å². The Morgan fingerprint density at radius 3 is 2.67 bits per heavy atom. The van der Waals surface area contributed by atoms with Gasteiger partial charge in [0.15, 0.2) is 0 Å². The number of halogens is 1. The molecule has 0 bridgehead atoms. The number of aliphatic carboxylic acids is 1. The summed E-state index contributed by atoms with van der Waals surface area (Å²) in [6.07, 6.45) is 0.339. The van der Waals surface area contributed by atoms with Crippen molar-refractivity contribution in [2.45, 2.75) is 25.9 Å². The summed E-state index contributed by atoms with van der Waals surface area (Å²) >= 11 is 6.00. The number of carboxylic acid groups (broad SMARTS) is 1. The third kappa shape index (κ3) is 7.19. The number of hydrogen-bond acceptors (Lipinski definition) is 4. The molecule has 0 saturated heterocycles. The van der Waals surface area contributed by atoms with Crippen molar-refractivity contribution in [1.82, 2.24) is 5.32 Å².